The first-order valence-electron chi connectivity index (χ1n) is 6.49. The number of fused-ring (bicyclic) bond motifs is 1. The molecule has 2 N–H and O–H groups in total. The summed E-state index contributed by atoms with van der Waals surface area (Å²) in [4.78, 5) is 0. The second-order valence-corrected chi connectivity index (χ2v) is 4.89. The zero-order chi connectivity index (χ0) is 13.0. The molecule has 18 heavy (non-hydrogen) atoms. The van der Waals surface area contributed by atoms with E-state index in [2.05, 4.69) is 5.32 Å². The summed E-state index contributed by atoms with van der Waals surface area (Å²) in [5.74, 6) is 0.593. The molecular formula is C14H20FNO2. The van der Waals surface area contributed by atoms with E-state index >= 15 is 0 Å². The smallest absolute Gasteiger partial charge is 0.123 e. The molecule has 100 valence electrons. The van der Waals surface area contributed by atoms with Gasteiger partial charge in [-0.15, -0.1) is 0 Å². The van der Waals surface area contributed by atoms with Crippen molar-refractivity contribution in [2.75, 3.05) is 13.1 Å². The van der Waals surface area contributed by atoms with E-state index < -0.39 is 0 Å². The van der Waals surface area contributed by atoms with Crippen LogP contribution in [0.2, 0.25) is 0 Å². The second kappa shape index (κ2) is 6.16. The standard InChI is InChI=1S/C14H20FNO2/c1-10(17)3-2-6-16-9-13-8-11-7-12(15)4-5-14(11)18-13/h4-5,7,10,13,16-17H,2-3,6,8-9H2,1H3. The van der Waals surface area contributed by atoms with Crippen molar-refractivity contribution in [1.29, 1.82) is 0 Å². The molecule has 0 radical (unpaired) electrons. The van der Waals surface area contributed by atoms with E-state index in [0.717, 1.165) is 43.7 Å². The third-order valence-electron chi connectivity index (χ3n) is 3.11. The van der Waals surface area contributed by atoms with Crippen molar-refractivity contribution >= 4 is 0 Å². The fraction of sp³-hybridized carbons (Fsp3) is 0.571. The van der Waals surface area contributed by atoms with E-state index in [-0.39, 0.29) is 18.0 Å². The Bertz CT molecular complexity index is 395. The number of nitrogens with one attached hydrogen (secondary N) is 1. The molecule has 2 unspecified atom stereocenters. The van der Waals surface area contributed by atoms with Gasteiger partial charge in [-0.05, 0) is 44.5 Å². The summed E-state index contributed by atoms with van der Waals surface area (Å²) >= 11 is 0. The van der Waals surface area contributed by atoms with Crippen molar-refractivity contribution in [3.63, 3.8) is 0 Å². The van der Waals surface area contributed by atoms with E-state index in [1.54, 1.807) is 19.1 Å². The molecule has 0 bridgehead atoms. The minimum atomic E-state index is -0.234. The SMILES string of the molecule is CC(O)CCCNCC1Cc2cc(F)ccc2O1. The maximum Gasteiger partial charge on any atom is 0.123 e. The molecule has 1 aliphatic rings. The third kappa shape index (κ3) is 3.68. The van der Waals surface area contributed by atoms with E-state index in [9.17, 15) is 4.39 Å². The highest BCUT2D eigenvalue weighted by Gasteiger charge is 2.22. The molecule has 2 rings (SSSR count). The maximum absolute atomic E-state index is 13.0. The fourth-order valence-electron chi connectivity index (χ4n) is 2.19. The van der Waals surface area contributed by atoms with Crippen LogP contribution in [0.25, 0.3) is 0 Å². The molecule has 0 amide bonds. The number of benzene rings is 1. The van der Waals surface area contributed by atoms with Gasteiger partial charge in [-0.2, -0.15) is 0 Å². The molecule has 3 nitrogen and oxygen atoms in total. The van der Waals surface area contributed by atoms with Gasteiger partial charge in [0.15, 0.2) is 0 Å². The Balaban J connectivity index is 1.68. The summed E-state index contributed by atoms with van der Waals surface area (Å²) in [7, 11) is 0. The normalized spacial score (nSPS) is 19.4. The van der Waals surface area contributed by atoms with E-state index in [1.807, 2.05) is 0 Å². The number of hydrogen-bond donors (Lipinski definition) is 2. The molecule has 0 spiro atoms. The average Bonchev–Trinajstić information content (AvgIpc) is 2.70. The van der Waals surface area contributed by atoms with Gasteiger partial charge in [-0.25, -0.2) is 4.39 Å². The van der Waals surface area contributed by atoms with Gasteiger partial charge in [0.2, 0.25) is 0 Å². The number of halogens is 1. The lowest BCUT2D eigenvalue weighted by Gasteiger charge is -2.12. The summed E-state index contributed by atoms with van der Waals surface area (Å²) in [5, 5.41) is 12.4. The molecule has 0 saturated heterocycles. The van der Waals surface area contributed by atoms with Crippen LogP contribution in [0.15, 0.2) is 18.2 Å². The minimum absolute atomic E-state index is 0.0911. The molecule has 2 atom stereocenters. The molecule has 1 heterocycles. The van der Waals surface area contributed by atoms with Crippen LogP contribution >= 0.6 is 0 Å². The highest BCUT2D eigenvalue weighted by Crippen LogP contribution is 2.28. The molecule has 1 aromatic carbocycles. The third-order valence-corrected chi connectivity index (χ3v) is 3.11. The zero-order valence-electron chi connectivity index (χ0n) is 10.7. The van der Waals surface area contributed by atoms with Crippen LogP contribution < -0.4 is 10.1 Å². The first kappa shape index (κ1) is 13.3. The van der Waals surface area contributed by atoms with Gasteiger partial charge in [-0.1, -0.05) is 0 Å². The van der Waals surface area contributed by atoms with Crippen molar-refractivity contribution in [2.24, 2.45) is 0 Å². The average molecular weight is 253 g/mol. The van der Waals surface area contributed by atoms with E-state index in [0.29, 0.717) is 0 Å². The Labute approximate surface area is 107 Å². The van der Waals surface area contributed by atoms with Crippen LogP contribution in [0, 0.1) is 5.82 Å². The van der Waals surface area contributed by atoms with Gasteiger partial charge in [0.25, 0.3) is 0 Å². The van der Waals surface area contributed by atoms with Gasteiger partial charge in [-0.3, -0.25) is 0 Å². The first-order valence-corrected chi connectivity index (χ1v) is 6.49. The fourth-order valence-corrected chi connectivity index (χ4v) is 2.19. The first-order chi connectivity index (χ1) is 8.65. The predicted molar refractivity (Wildman–Crippen MR) is 68.3 cm³/mol. The van der Waals surface area contributed by atoms with Crippen molar-refractivity contribution in [1.82, 2.24) is 5.32 Å². The second-order valence-electron chi connectivity index (χ2n) is 4.89. The molecule has 0 aliphatic carbocycles. The lowest BCUT2D eigenvalue weighted by atomic mass is 10.1. The highest BCUT2D eigenvalue weighted by atomic mass is 19.1. The molecule has 0 aromatic heterocycles. The number of rotatable bonds is 6. The van der Waals surface area contributed by atoms with Gasteiger partial charge >= 0.3 is 0 Å². The number of aliphatic hydroxyl groups excluding tert-OH is 1. The Morgan fingerprint density at radius 1 is 1.56 bits per heavy atom. The van der Waals surface area contributed by atoms with Crippen molar-refractivity contribution in [3.8, 4) is 5.75 Å². The molecule has 4 heteroatoms. The van der Waals surface area contributed by atoms with Crippen LogP contribution in [-0.4, -0.2) is 30.4 Å². The lowest BCUT2D eigenvalue weighted by molar-refractivity contribution is 0.180. The summed E-state index contributed by atoms with van der Waals surface area (Å²) in [5.41, 5.74) is 0.950. The monoisotopic (exact) mass is 253 g/mol. The quantitative estimate of drug-likeness (QED) is 0.761. The Morgan fingerprint density at radius 2 is 2.39 bits per heavy atom. The van der Waals surface area contributed by atoms with Gasteiger partial charge < -0.3 is 15.2 Å². The molecular weight excluding hydrogens is 233 g/mol. The van der Waals surface area contributed by atoms with Crippen LogP contribution in [0.4, 0.5) is 4.39 Å². The Hall–Kier alpha value is -1.13. The van der Waals surface area contributed by atoms with Gasteiger partial charge in [0.05, 0.1) is 6.10 Å². The summed E-state index contributed by atoms with van der Waals surface area (Å²) in [6, 6.07) is 4.66. The predicted octanol–water partition coefficient (Wildman–Crippen LogP) is 1.88. The van der Waals surface area contributed by atoms with E-state index in [1.165, 1.54) is 6.07 Å². The largest absolute Gasteiger partial charge is 0.488 e. The molecule has 1 aliphatic heterocycles. The van der Waals surface area contributed by atoms with Crippen LogP contribution in [0.1, 0.15) is 25.3 Å². The van der Waals surface area contributed by atoms with Crippen LogP contribution in [0.3, 0.4) is 0 Å². The highest BCUT2D eigenvalue weighted by molar-refractivity contribution is 5.37. The minimum Gasteiger partial charge on any atom is -0.488 e. The van der Waals surface area contributed by atoms with Crippen LogP contribution in [0.5, 0.6) is 5.75 Å². The summed E-state index contributed by atoms with van der Waals surface area (Å²) in [6.45, 7) is 3.43. The summed E-state index contributed by atoms with van der Waals surface area (Å²) in [6.07, 6.45) is 2.38. The topological polar surface area (TPSA) is 41.5 Å². The van der Waals surface area contributed by atoms with Gasteiger partial charge in [0.1, 0.15) is 17.7 Å². The van der Waals surface area contributed by atoms with Crippen molar-refractivity contribution in [3.05, 3.63) is 29.6 Å². The van der Waals surface area contributed by atoms with E-state index in [4.69, 9.17) is 9.84 Å². The lowest BCUT2D eigenvalue weighted by Crippen LogP contribution is -2.30. The molecule has 0 fully saturated rings. The number of aliphatic hydroxyl groups is 1. The maximum atomic E-state index is 13.0. The zero-order valence-corrected chi connectivity index (χ0v) is 10.7. The molecule has 1 aromatic rings. The molecule has 0 saturated carbocycles. The number of hydrogen-bond acceptors (Lipinski definition) is 3. The van der Waals surface area contributed by atoms with Crippen molar-refractivity contribution in [2.45, 2.75) is 38.4 Å². The number of ether oxygens (including phenoxy) is 1. The van der Waals surface area contributed by atoms with Crippen LogP contribution in [-0.2, 0) is 6.42 Å². The Morgan fingerprint density at radius 3 is 3.17 bits per heavy atom. The summed E-state index contributed by atoms with van der Waals surface area (Å²) < 4.78 is 18.7. The van der Waals surface area contributed by atoms with Crippen molar-refractivity contribution < 1.29 is 14.2 Å². The Kier molecular flexibility index (Phi) is 4.55. The van der Waals surface area contributed by atoms with Gasteiger partial charge in [0, 0.05) is 18.5 Å².